The molecule has 24 heavy (non-hydrogen) atoms. The van der Waals surface area contributed by atoms with Crippen LogP contribution in [0.2, 0.25) is 0 Å². The summed E-state index contributed by atoms with van der Waals surface area (Å²) in [6, 6.07) is 17.2. The fourth-order valence-electron chi connectivity index (χ4n) is 2.76. The topological polar surface area (TPSA) is 17.1 Å². The lowest BCUT2D eigenvalue weighted by molar-refractivity contribution is 0.576. The van der Waals surface area contributed by atoms with Gasteiger partial charge in [0.1, 0.15) is 7.14 Å². The Hall–Kier alpha value is -0.980. The van der Waals surface area contributed by atoms with Crippen LogP contribution in [0.3, 0.4) is 0 Å². The minimum absolute atomic E-state index is 0.860. The summed E-state index contributed by atoms with van der Waals surface area (Å²) in [5.41, 5.74) is 1.29. The van der Waals surface area contributed by atoms with E-state index in [9.17, 15) is 4.57 Å². The Morgan fingerprint density at radius 2 is 1.25 bits per heavy atom. The summed E-state index contributed by atoms with van der Waals surface area (Å²) < 4.78 is 13.4. The molecule has 0 aliphatic rings. The van der Waals surface area contributed by atoms with Gasteiger partial charge in [0.25, 0.3) is 0 Å². The second kappa shape index (κ2) is 9.49. The molecule has 0 unspecified atom stereocenters. The van der Waals surface area contributed by atoms with E-state index < -0.39 is 7.14 Å². The molecule has 0 aliphatic carbocycles. The highest BCUT2D eigenvalue weighted by molar-refractivity contribution is 7.78. The third kappa shape index (κ3) is 5.53. The molecule has 0 saturated heterocycles. The van der Waals surface area contributed by atoms with Gasteiger partial charge in [-0.1, -0.05) is 44.4 Å². The van der Waals surface area contributed by atoms with Crippen molar-refractivity contribution in [2.45, 2.75) is 56.2 Å². The van der Waals surface area contributed by atoms with Crippen molar-refractivity contribution in [3.8, 4) is 0 Å². The number of hydrogen-bond acceptors (Lipinski definition) is 1. The average Bonchev–Trinajstić information content (AvgIpc) is 2.61. The molecule has 0 aliphatic heterocycles. The molecule has 0 spiro atoms. The van der Waals surface area contributed by atoms with E-state index in [4.69, 9.17) is 0 Å². The lowest BCUT2D eigenvalue weighted by Gasteiger charge is -2.18. The van der Waals surface area contributed by atoms with Crippen LogP contribution in [0, 0.1) is 6.92 Å². The van der Waals surface area contributed by atoms with Gasteiger partial charge < -0.3 is 4.57 Å². The van der Waals surface area contributed by atoms with Crippen molar-refractivity contribution >= 4 is 24.2 Å². The van der Waals surface area contributed by atoms with Gasteiger partial charge in [-0.3, -0.25) is 0 Å². The summed E-state index contributed by atoms with van der Waals surface area (Å²) in [6.45, 7) is 6.46. The Morgan fingerprint density at radius 1 is 0.792 bits per heavy atom. The first-order chi connectivity index (χ1) is 11.6. The number of unbranched alkanes of at least 4 members (excludes halogenated alkanes) is 2. The van der Waals surface area contributed by atoms with Crippen molar-refractivity contribution in [3.05, 3.63) is 54.1 Å². The summed E-state index contributed by atoms with van der Waals surface area (Å²) >= 11 is 1.21. The van der Waals surface area contributed by atoms with Gasteiger partial charge in [-0.25, -0.2) is 0 Å². The Bertz CT molecular complexity index is 649. The fraction of sp³-hybridized carbons (Fsp3) is 0.429. The van der Waals surface area contributed by atoms with Crippen LogP contribution >= 0.6 is 7.14 Å². The van der Waals surface area contributed by atoms with Gasteiger partial charge in [-0.15, -0.1) is 0 Å². The van der Waals surface area contributed by atoms with Crippen LogP contribution in [0.5, 0.6) is 0 Å². The molecule has 2 rings (SSSR count). The largest absolute Gasteiger partial charge is 0.319 e. The van der Waals surface area contributed by atoms with E-state index in [1.807, 2.05) is 0 Å². The first-order valence-electron chi connectivity index (χ1n) is 9.04. The summed E-state index contributed by atoms with van der Waals surface area (Å²) in [6.07, 6.45) is 6.06. The predicted octanol–water partition coefficient (Wildman–Crippen LogP) is 5.82. The standard InChI is InChI=1S/C21H29OPS/c1-4-6-16-23(22,17-7-5-2)19-10-14-21(15-11-19)24-20-12-8-18(3)9-13-20/h8-15H,4-7,16-17H2,1-3H3/p+1. The molecule has 0 fully saturated rings. The molecule has 0 saturated carbocycles. The molecule has 2 aromatic rings. The van der Waals surface area contributed by atoms with E-state index in [-0.39, 0.29) is 0 Å². The third-order valence-electron chi connectivity index (χ3n) is 4.36. The van der Waals surface area contributed by atoms with Gasteiger partial charge in [0.05, 0.1) is 0 Å². The Balaban J connectivity index is 2.12. The quantitative estimate of drug-likeness (QED) is 0.313. The van der Waals surface area contributed by atoms with E-state index in [2.05, 4.69) is 69.3 Å². The summed E-state index contributed by atoms with van der Waals surface area (Å²) in [5, 5.41) is 1.08. The van der Waals surface area contributed by atoms with Crippen molar-refractivity contribution in [2.75, 3.05) is 12.3 Å². The number of thiol groups is 1. The molecule has 0 bridgehead atoms. The zero-order valence-electron chi connectivity index (χ0n) is 15.2. The van der Waals surface area contributed by atoms with Gasteiger partial charge in [0, 0.05) is 29.4 Å². The molecule has 0 aromatic heterocycles. The minimum Gasteiger partial charge on any atom is -0.319 e. The second-order valence-electron chi connectivity index (χ2n) is 6.51. The molecule has 3 heteroatoms. The number of aryl methyl sites for hydroxylation is 1. The summed E-state index contributed by atoms with van der Waals surface area (Å²) in [5.74, 6) is 0. The normalized spacial score (nSPS) is 11.6. The first-order valence-corrected chi connectivity index (χ1v) is 12.0. The van der Waals surface area contributed by atoms with Crippen molar-refractivity contribution in [1.82, 2.24) is 0 Å². The van der Waals surface area contributed by atoms with E-state index in [1.54, 1.807) is 0 Å². The average molecular weight is 362 g/mol. The molecule has 130 valence electrons. The molecule has 0 amide bonds. The Kier molecular flexibility index (Phi) is 7.65. The van der Waals surface area contributed by atoms with Gasteiger partial charge >= 0.3 is 0 Å². The van der Waals surface area contributed by atoms with Crippen LogP contribution in [0.1, 0.15) is 45.1 Å². The molecule has 0 N–H and O–H groups in total. The molecule has 0 radical (unpaired) electrons. The first kappa shape index (κ1) is 19.3. The SMILES string of the molecule is CCCCP(=O)(CCCC)c1ccc([SH+]c2ccc(C)cc2)cc1. The monoisotopic (exact) mass is 361 g/mol. The lowest BCUT2D eigenvalue weighted by Crippen LogP contribution is -2.11. The molecule has 0 atom stereocenters. The van der Waals surface area contributed by atoms with E-state index in [0.717, 1.165) is 43.3 Å². The van der Waals surface area contributed by atoms with Gasteiger partial charge in [0.2, 0.25) is 0 Å². The Morgan fingerprint density at radius 3 is 1.71 bits per heavy atom. The minimum atomic E-state index is -2.22. The highest BCUT2D eigenvalue weighted by Crippen LogP contribution is 2.46. The zero-order chi connectivity index (χ0) is 17.4. The van der Waals surface area contributed by atoms with Crippen molar-refractivity contribution in [2.24, 2.45) is 0 Å². The van der Waals surface area contributed by atoms with Crippen LogP contribution in [-0.4, -0.2) is 12.3 Å². The maximum Gasteiger partial charge on any atom is 0.158 e. The smallest absolute Gasteiger partial charge is 0.158 e. The third-order valence-corrected chi connectivity index (χ3v) is 8.79. The van der Waals surface area contributed by atoms with Gasteiger partial charge in [-0.05, 0) is 56.2 Å². The molecule has 0 heterocycles. The Labute approximate surface area is 151 Å². The highest BCUT2D eigenvalue weighted by atomic mass is 32.2. The zero-order valence-corrected chi connectivity index (χ0v) is 17.0. The van der Waals surface area contributed by atoms with Gasteiger partial charge in [-0.2, -0.15) is 0 Å². The number of benzene rings is 2. The van der Waals surface area contributed by atoms with Crippen molar-refractivity contribution < 1.29 is 4.57 Å². The summed E-state index contributed by atoms with van der Waals surface area (Å²) in [4.78, 5) is 2.56. The second-order valence-corrected chi connectivity index (χ2v) is 11.0. The van der Waals surface area contributed by atoms with E-state index >= 15 is 0 Å². The lowest BCUT2D eigenvalue weighted by atomic mass is 10.2. The highest BCUT2D eigenvalue weighted by Gasteiger charge is 2.23. The number of rotatable bonds is 9. The van der Waals surface area contributed by atoms with Crippen LogP contribution in [-0.2, 0) is 16.3 Å². The van der Waals surface area contributed by atoms with Crippen LogP contribution in [0.25, 0.3) is 0 Å². The fourth-order valence-corrected chi connectivity index (χ4v) is 6.75. The maximum atomic E-state index is 13.4. The molecule has 2 aromatic carbocycles. The van der Waals surface area contributed by atoms with Gasteiger partial charge in [0.15, 0.2) is 9.79 Å². The summed E-state index contributed by atoms with van der Waals surface area (Å²) in [7, 11) is -2.22. The number of hydrogen-bond donors (Lipinski definition) is 0. The molecule has 1 nitrogen and oxygen atoms in total. The predicted molar refractivity (Wildman–Crippen MR) is 110 cm³/mol. The van der Waals surface area contributed by atoms with Crippen LogP contribution in [0.15, 0.2) is 58.3 Å². The maximum absolute atomic E-state index is 13.4. The van der Waals surface area contributed by atoms with Crippen molar-refractivity contribution in [1.29, 1.82) is 0 Å². The molecular weight excluding hydrogens is 331 g/mol. The van der Waals surface area contributed by atoms with E-state index in [1.165, 1.54) is 27.1 Å². The van der Waals surface area contributed by atoms with Crippen LogP contribution < -0.4 is 5.30 Å². The van der Waals surface area contributed by atoms with Crippen molar-refractivity contribution in [3.63, 3.8) is 0 Å². The molecular formula is C21H30OPS+. The van der Waals surface area contributed by atoms with E-state index in [0.29, 0.717) is 0 Å². The van der Waals surface area contributed by atoms with Crippen LogP contribution in [0.4, 0.5) is 0 Å².